The summed E-state index contributed by atoms with van der Waals surface area (Å²) in [6, 6.07) is 0. The van der Waals surface area contributed by atoms with Gasteiger partial charge in [-0.05, 0) is 0 Å². The van der Waals surface area contributed by atoms with Crippen LogP contribution in [0.4, 0.5) is 74.6 Å². The van der Waals surface area contributed by atoms with Crippen LogP contribution < -0.4 is 0 Å². The molecule has 0 heterocycles. The van der Waals surface area contributed by atoms with Gasteiger partial charge in [0.1, 0.15) is 6.61 Å². The zero-order valence-corrected chi connectivity index (χ0v) is 19.4. The van der Waals surface area contributed by atoms with Crippen LogP contribution in [0.3, 0.4) is 0 Å². The van der Waals surface area contributed by atoms with Crippen molar-refractivity contribution in [1.82, 2.24) is 0 Å². The molecule has 0 rings (SSSR count). The highest BCUT2D eigenvalue weighted by atomic mass is 19.4. The zero-order chi connectivity index (χ0) is 33.1. The van der Waals surface area contributed by atoms with Crippen LogP contribution in [0.25, 0.3) is 0 Å². The zero-order valence-electron chi connectivity index (χ0n) is 19.4. The first-order chi connectivity index (χ1) is 18.0. The Balaban J connectivity index is 5.98. The molecule has 0 radical (unpaired) electrons. The second-order valence-electron chi connectivity index (χ2n) is 7.57. The highest BCUT2D eigenvalue weighted by Crippen LogP contribution is 2.64. The Kier molecular flexibility index (Phi) is 11.4. The fraction of sp³-hybridized carbons (Fsp3) is 0.684. The molecule has 1 unspecified atom stereocenters. The minimum Gasteiger partial charge on any atom is -0.458 e. The molecule has 240 valence electrons. The lowest BCUT2D eigenvalue weighted by Gasteiger charge is -2.42. The molecule has 0 aromatic rings. The van der Waals surface area contributed by atoms with Crippen molar-refractivity contribution >= 4 is 11.9 Å². The summed E-state index contributed by atoms with van der Waals surface area (Å²) in [5, 5.41) is 0. The summed E-state index contributed by atoms with van der Waals surface area (Å²) in [5.74, 6) is -59.6. The van der Waals surface area contributed by atoms with Crippen LogP contribution in [0.5, 0.6) is 0 Å². The lowest BCUT2D eigenvalue weighted by Crippen LogP contribution is -2.74. The van der Waals surface area contributed by atoms with Gasteiger partial charge in [0.25, 0.3) is 0 Å². The number of alkyl halides is 17. The molecule has 0 saturated carbocycles. The van der Waals surface area contributed by atoms with Crippen molar-refractivity contribution in [3.8, 4) is 0 Å². The van der Waals surface area contributed by atoms with E-state index in [9.17, 15) is 84.2 Å². The Bertz CT molecular complexity index is 958. The van der Waals surface area contributed by atoms with Crippen LogP contribution in [0.15, 0.2) is 25.3 Å². The van der Waals surface area contributed by atoms with Crippen LogP contribution in [0, 0.1) is 0 Å². The van der Waals surface area contributed by atoms with Gasteiger partial charge in [0.05, 0.1) is 13.2 Å². The summed E-state index contributed by atoms with van der Waals surface area (Å²) in [6.07, 6.45) is -11.4. The Morgan fingerprint density at radius 1 is 0.585 bits per heavy atom. The van der Waals surface area contributed by atoms with E-state index in [0.29, 0.717) is 12.2 Å². The lowest BCUT2D eigenvalue weighted by atomic mass is 9.88. The molecule has 0 aliphatic carbocycles. The van der Waals surface area contributed by atoms with Crippen molar-refractivity contribution in [2.75, 3.05) is 19.8 Å². The smallest absolute Gasteiger partial charge is 0.458 e. The maximum Gasteiger partial charge on any atom is 0.460 e. The first-order valence-electron chi connectivity index (χ1n) is 9.94. The Morgan fingerprint density at radius 2 is 0.976 bits per heavy atom. The molecule has 22 heteroatoms. The van der Waals surface area contributed by atoms with Crippen LogP contribution in [0.2, 0.25) is 0 Å². The summed E-state index contributed by atoms with van der Waals surface area (Å²) < 4.78 is 238. The van der Waals surface area contributed by atoms with Gasteiger partial charge in [-0.1, -0.05) is 13.2 Å². The molecular formula is C19H15F17O5. The highest BCUT2D eigenvalue weighted by molar-refractivity contribution is 5.82. The second-order valence-corrected chi connectivity index (χ2v) is 7.57. The fourth-order valence-corrected chi connectivity index (χ4v) is 2.33. The Morgan fingerprint density at radius 3 is 1.37 bits per heavy atom. The molecular weight excluding hydrogens is 631 g/mol. The number of esters is 2. The van der Waals surface area contributed by atoms with Gasteiger partial charge in [-0.25, -0.2) is 9.59 Å². The normalized spacial score (nSPS) is 15.2. The summed E-state index contributed by atoms with van der Waals surface area (Å²) >= 11 is 0. The topological polar surface area (TPSA) is 61.8 Å². The van der Waals surface area contributed by atoms with Crippen LogP contribution in [-0.4, -0.2) is 85.5 Å². The Hall–Kier alpha value is -2.81. The number of hydrogen-bond acceptors (Lipinski definition) is 5. The minimum atomic E-state index is -8.72. The molecule has 0 aromatic carbocycles. The van der Waals surface area contributed by atoms with Gasteiger partial charge in [-0.2, -0.15) is 74.6 Å². The average molecular weight is 646 g/mol. The van der Waals surface area contributed by atoms with Crippen molar-refractivity contribution in [2.24, 2.45) is 0 Å². The van der Waals surface area contributed by atoms with E-state index in [2.05, 4.69) is 27.4 Å². The van der Waals surface area contributed by atoms with Gasteiger partial charge in [-0.3, -0.25) is 0 Å². The van der Waals surface area contributed by atoms with Gasteiger partial charge >= 0.3 is 59.6 Å². The molecule has 1 atom stereocenters. The van der Waals surface area contributed by atoms with Gasteiger partial charge < -0.3 is 14.2 Å². The molecule has 41 heavy (non-hydrogen) atoms. The summed E-state index contributed by atoms with van der Waals surface area (Å²) in [4.78, 5) is 22.2. The maximum atomic E-state index is 13.8. The van der Waals surface area contributed by atoms with E-state index >= 15 is 0 Å². The predicted octanol–water partition coefficient (Wildman–Crippen LogP) is 6.23. The van der Waals surface area contributed by atoms with Crippen molar-refractivity contribution in [3.05, 3.63) is 25.3 Å². The molecule has 5 nitrogen and oxygen atoms in total. The van der Waals surface area contributed by atoms with E-state index < -0.39 is 91.9 Å². The van der Waals surface area contributed by atoms with E-state index in [-0.39, 0.29) is 0 Å². The van der Waals surface area contributed by atoms with Crippen LogP contribution >= 0.6 is 0 Å². The summed E-state index contributed by atoms with van der Waals surface area (Å²) in [7, 11) is 0. The van der Waals surface area contributed by atoms with E-state index in [1.807, 2.05) is 0 Å². The molecule has 0 fully saturated rings. The van der Waals surface area contributed by atoms with E-state index in [0.717, 1.165) is 0 Å². The third kappa shape index (κ3) is 6.99. The molecule has 0 aliphatic heterocycles. The molecule has 0 aromatic heterocycles. The van der Waals surface area contributed by atoms with Crippen LogP contribution in [0.1, 0.15) is 6.42 Å². The van der Waals surface area contributed by atoms with Crippen molar-refractivity contribution in [3.63, 3.8) is 0 Å². The van der Waals surface area contributed by atoms with Gasteiger partial charge in [0.15, 0.2) is 6.10 Å². The summed E-state index contributed by atoms with van der Waals surface area (Å²) in [5.41, 5.74) is 0. The third-order valence-corrected chi connectivity index (χ3v) is 4.68. The van der Waals surface area contributed by atoms with Crippen molar-refractivity contribution < 1.29 is 98.4 Å². The van der Waals surface area contributed by atoms with Gasteiger partial charge in [-0.15, -0.1) is 0 Å². The largest absolute Gasteiger partial charge is 0.460 e. The molecule has 0 amide bonds. The molecule has 0 bridgehead atoms. The first-order valence-corrected chi connectivity index (χ1v) is 9.94. The Labute approximate surface area is 216 Å². The number of rotatable bonds is 16. The monoisotopic (exact) mass is 646 g/mol. The predicted molar refractivity (Wildman–Crippen MR) is 97.4 cm³/mol. The van der Waals surface area contributed by atoms with E-state index in [1.165, 1.54) is 0 Å². The number of carbonyl (C=O) groups is 2. The van der Waals surface area contributed by atoms with Crippen molar-refractivity contribution in [1.29, 1.82) is 0 Å². The SMILES string of the molecule is C=CC(=O)OCC(COCCC(F)(F)C(F)(F)C(F)(F)C(F)(F)C(F)(F)C(F)(F)C(F)(F)C(F)(F)F)OC(=O)C=C. The van der Waals surface area contributed by atoms with Crippen molar-refractivity contribution in [2.45, 2.75) is 60.2 Å². The van der Waals surface area contributed by atoms with Crippen LogP contribution in [-0.2, 0) is 23.8 Å². The fourth-order valence-electron chi connectivity index (χ4n) is 2.33. The van der Waals surface area contributed by atoms with Gasteiger partial charge in [0.2, 0.25) is 0 Å². The summed E-state index contributed by atoms with van der Waals surface area (Å²) in [6.45, 7) is 1.80. The minimum absolute atomic E-state index is 0.489. The average Bonchev–Trinajstić information content (AvgIpc) is 2.82. The standard InChI is InChI=1S/C19H15F17O5/c1-3-10(37)40-8-9(41-11(38)4-2)7-39-6-5-12(20,21)13(22,23)14(24,25)15(26,27)16(28,29)17(30,31)18(32,33)19(34,35)36/h3-4,9H,1-2,5-8H2. The lowest BCUT2D eigenvalue weighted by molar-refractivity contribution is -0.462. The van der Waals surface area contributed by atoms with E-state index in [1.54, 1.807) is 0 Å². The highest BCUT2D eigenvalue weighted by Gasteiger charge is 2.95. The first kappa shape index (κ1) is 38.2. The molecule has 0 spiro atoms. The number of ether oxygens (including phenoxy) is 3. The number of halogens is 17. The third-order valence-electron chi connectivity index (χ3n) is 4.68. The maximum absolute atomic E-state index is 13.8. The number of carbonyl (C=O) groups excluding carboxylic acids is 2. The molecule has 0 aliphatic rings. The second kappa shape index (κ2) is 12.2. The van der Waals surface area contributed by atoms with E-state index in [4.69, 9.17) is 0 Å². The molecule has 0 saturated heterocycles. The van der Waals surface area contributed by atoms with Gasteiger partial charge in [0, 0.05) is 18.6 Å². The quantitative estimate of drug-likeness (QED) is 0.0862. The number of hydrogen-bond donors (Lipinski definition) is 0. The molecule has 0 N–H and O–H groups in total.